The molecule has 1 aromatic carbocycles. The summed E-state index contributed by atoms with van der Waals surface area (Å²) in [5.41, 5.74) is 4.26. The molecule has 0 aromatic heterocycles. The molecule has 0 aliphatic carbocycles. The predicted octanol–water partition coefficient (Wildman–Crippen LogP) is 6.92. The molecule has 0 aliphatic rings. The first-order valence-corrected chi connectivity index (χ1v) is 9.12. The van der Waals surface area contributed by atoms with Crippen LogP contribution in [0.2, 0.25) is 0 Å². The van der Waals surface area contributed by atoms with E-state index in [9.17, 15) is 0 Å². The summed E-state index contributed by atoms with van der Waals surface area (Å²) < 4.78 is 1.49. The number of rotatable bonds is 9. The van der Waals surface area contributed by atoms with Crippen molar-refractivity contribution >= 4 is 22.6 Å². The lowest BCUT2D eigenvalue weighted by Gasteiger charge is -2.07. The van der Waals surface area contributed by atoms with E-state index in [-0.39, 0.29) is 0 Å². The lowest BCUT2D eigenvalue weighted by molar-refractivity contribution is 0.611. The molecule has 0 radical (unpaired) electrons. The lowest BCUT2D eigenvalue weighted by atomic mass is 10.0. The Kier molecular flexibility index (Phi) is 9.24. The van der Waals surface area contributed by atoms with Gasteiger partial charge in [-0.05, 0) is 64.0 Å². The van der Waals surface area contributed by atoms with Crippen LogP contribution in [-0.4, -0.2) is 0 Å². The second-order valence-electron chi connectivity index (χ2n) is 5.81. The quantitative estimate of drug-likeness (QED) is 0.320. The summed E-state index contributed by atoms with van der Waals surface area (Å²) in [5.74, 6) is 0. The molecule has 112 valence electrons. The Hall–Kier alpha value is -0.310. The molecule has 0 fully saturated rings. The third-order valence-electron chi connectivity index (χ3n) is 3.79. The van der Waals surface area contributed by atoms with E-state index in [2.05, 4.69) is 67.6 Å². The highest BCUT2D eigenvalue weighted by Gasteiger charge is 2.01. The highest BCUT2D eigenvalue weighted by Crippen LogP contribution is 2.20. The molecule has 0 saturated carbocycles. The molecule has 0 atom stereocenters. The smallest absolute Gasteiger partial charge is 0.00320 e. The molecule has 0 spiro atoms. The van der Waals surface area contributed by atoms with Gasteiger partial charge < -0.3 is 0 Å². The zero-order valence-corrected chi connectivity index (χ0v) is 15.5. The maximum atomic E-state index is 2.51. The number of halogens is 1. The molecule has 20 heavy (non-hydrogen) atoms. The largest absolute Gasteiger partial charge is 0.0749 e. The first-order chi connectivity index (χ1) is 9.63. The van der Waals surface area contributed by atoms with E-state index >= 15 is 0 Å². The van der Waals surface area contributed by atoms with Crippen molar-refractivity contribution in [3.63, 3.8) is 0 Å². The summed E-state index contributed by atoms with van der Waals surface area (Å²) >= 11 is 2.51. The Morgan fingerprint density at radius 2 is 1.75 bits per heavy atom. The molecule has 0 bridgehead atoms. The van der Waals surface area contributed by atoms with Crippen LogP contribution in [0.15, 0.2) is 27.9 Å². The number of allylic oxidation sites excluding steroid dienone is 2. The van der Waals surface area contributed by atoms with Gasteiger partial charge in [-0.3, -0.25) is 0 Å². The van der Waals surface area contributed by atoms with Crippen molar-refractivity contribution in [1.29, 1.82) is 0 Å². The van der Waals surface area contributed by atoms with Gasteiger partial charge in [-0.1, -0.05) is 68.9 Å². The van der Waals surface area contributed by atoms with Crippen LogP contribution in [0.5, 0.6) is 0 Å². The van der Waals surface area contributed by atoms with Crippen LogP contribution >= 0.6 is 22.6 Å². The lowest BCUT2D eigenvalue weighted by Crippen LogP contribution is -1.91. The fraction of sp³-hybridized carbons (Fsp3) is 0.579. The average Bonchev–Trinajstić information content (AvgIpc) is 2.42. The van der Waals surface area contributed by atoms with Crippen LogP contribution in [-0.2, 0) is 6.42 Å². The second-order valence-corrected chi connectivity index (χ2v) is 7.20. The van der Waals surface area contributed by atoms with Crippen molar-refractivity contribution in [2.75, 3.05) is 0 Å². The molecule has 0 unspecified atom stereocenters. The third-order valence-corrected chi connectivity index (χ3v) is 4.61. The molecule has 1 rings (SSSR count). The number of benzene rings is 1. The predicted molar refractivity (Wildman–Crippen MR) is 99.7 cm³/mol. The van der Waals surface area contributed by atoms with Gasteiger partial charge in [0.2, 0.25) is 0 Å². The Bertz CT molecular complexity index is 418. The highest BCUT2D eigenvalue weighted by molar-refractivity contribution is 14.1. The van der Waals surface area contributed by atoms with E-state index in [1.807, 2.05) is 0 Å². The fourth-order valence-electron chi connectivity index (χ4n) is 2.43. The highest BCUT2D eigenvalue weighted by atomic mass is 127. The molecule has 0 N–H and O–H groups in total. The number of hydrogen-bond acceptors (Lipinski definition) is 0. The van der Waals surface area contributed by atoms with Gasteiger partial charge in [-0.15, -0.1) is 0 Å². The summed E-state index contributed by atoms with van der Waals surface area (Å²) in [6.07, 6.45) is 13.1. The van der Waals surface area contributed by atoms with Crippen molar-refractivity contribution in [2.45, 2.75) is 72.1 Å². The average molecular weight is 384 g/mol. The summed E-state index contributed by atoms with van der Waals surface area (Å²) in [4.78, 5) is 0. The van der Waals surface area contributed by atoms with Crippen molar-refractivity contribution in [3.8, 4) is 0 Å². The van der Waals surface area contributed by atoms with Gasteiger partial charge in [0.15, 0.2) is 0 Å². The van der Waals surface area contributed by atoms with Crippen molar-refractivity contribution in [3.05, 3.63) is 44.5 Å². The topological polar surface area (TPSA) is 0 Å². The van der Waals surface area contributed by atoms with Gasteiger partial charge in [0, 0.05) is 6.42 Å². The summed E-state index contributed by atoms with van der Waals surface area (Å²) in [5, 5.41) is 0. The first kappa shape index (κ1) is 17.7. The summed E-state index contributed by atoms with van der Waals surface area (Å²) in [7, 11) is 0. The van der Waals surface area contributed by atoms with Gasteiger partial charge in [0.05, 0.1) is 0 Å². The number of aryl methyl sites for hydroxylation is 2. The van der Waals surface area contributed by atoms with Crippen LogP contribution in [0, 0.1) is 13.8 Å². The minimum absolute atomic E-state index is 1.10. The zero-order valence-electron chi connectivity index (χ0n) is 13.3. The van der Waals surface area contributed by atoms with E-state index < -0.39 is 0 Å². The molecule has 1 aromatic rings. The Labute approximate surface area is 139 Å². The van der Waals surface area contributed by atoms with Crippen LogP contribution in [0.3, 0.4) is 0 Å². The SMILES string of the molecule is CCCCCCCC/C=C(/I)Cc1cc(C)ccc1C. The van der Waals surface area contributed by atoms with Gasteiger partial charge >= 0.3 is 0 Å². The van der Waals surface area contributed by atoms with Crippen LogP contribution in [0.4, 0.5) is 0 Å². The van der Waals surface area contributed by atoms with Crippen LogP contribution in [0.1, 0.15) is 68.6 Å². The van der Waals surface area contributed by atoms with Crippen molar-refractivity contribution < 1.29 is 0 Å². The van der Waals surface area contributed by atoms with Crippen LogP contribution in [0.25, 0.3) is 0 Å². The van der Waals surface area contributed by atoms with Crippen molar-refractivity contribution in [2.24, 2.45) is 0 Å². The minimum atomic E-state index is 1.10. The van der Waals surface area contributed by atoms with Gasteiger partial charge in [0.25, 0.3) is 0 Å². The first-order valence-electron chi connectivity index (χ1n) is 8.04. The zero-order chi connectivity index (χ0) is 14.8. The molecule has 0 saturated heterocycles. The number of hydrogen-bond donors (Lipinski definition) is 0. The van der Waals surface area contributed by atoms with E-state index in [4.69, 9.17) is 0 Å². The fourth-order valence-corrected chi connectivity index (χ4v) is 3.15. The van der Waals surface area contributed by atoms with E-state index in [0.717, 1.165) is 6.42 Å². The van der Waals surface area contributed by atoms with E-state index in [1.165, 1.54) is 65.2 Å². The molecule has 1 heteroatoms. The Morgan fingerprint density at radius 1 is 1.05 bits per heavy atom. The van der Waals surface area contributed by atoms with Gasteiger partial charge in [0.1, 0.15) is 0 Å². The normalized spacial score (nSPS) is 11.9. The maximum Gasteiger partial charge on any atom is 0.00320 e. The molecule has 0 aliphatic heterocycles. The Balaban J connectivity index is 2.29. The molecule has 0 amide bonds. The van der Waals surface area contributed by atoms with Crippen molar-refractivity contribution in [1.82, 2.24) is 0 Å². The molecule has 0 heterocycles. The molecular weight excluding hydrogens is 355 g/mol. The third kappa shape index (κ3) is 7.47. The maximum absolute atomic E-state index is 2.51. The molecular formula is C19H29I. The summed E-state index contributed by atoms with van der Waals surface area (Å²) in [6, 6.07) is 6.76. The van der Waals surface area contributed by atoms with E-state index in [1.54, 1.807) is 0 Å². The molecule has 0 nitrogen and oxygen atoms in total. The van der Waals surface area contributed by atoms with Crippen LogP contribution < -0.4 is 0 Å². The summed E-state index contributed by atoms with van der Waals surface area (Å²) in [6.45, 7) is 6.67. The van der Waals surface area contributed by atoms with Gasteiger partial charge in [-0.2, -0.15) is 0 Å². The Morgan fingerprint density at radius 3 is 2.50 bits per heavy atom. The standard InChI is InChI=1S/C19H29I/c1-4-5-6-7-8-9-10-11-19(20)15-18-14-16(2)12-13-17(18)3/h11-14H,4-10,15H2,1-3H3/b19-11+. The second kappa shape index (κ2) is 10.4. The van der Waals surface area contributed by atoms with E-state index in [0.29, 0.717) is 0 Å². The number of unbranched alkanes of at least 4 members (excludes halogenated alkanes) is 6. The van der Waals surface area contributed by atoms with Gasteiger partial charge in [-0.25, -0.2) is 0 Å². The monoisotopic (exact) mass is 384 g/mol. The minimum Gasteiger partial charge on any atom is -0.0749 e.